The molecule has 0 radical (unpaired) electrons. The molecule has 0 spiro atoms. The fourth-order valence-electron chi connectivity index (χ4n) is 2.25. The Balaban J connectivity index is 2.57. The van der Waals surface area contributed by atoms with Gasteiger partial charge in [-0.25, -0.2) is 12.7 Å². The van der Waals surface area contributed by atoms with Crippen LogP contribution in [0.25, 0.3) is 0 Å². The van der Waals surface area contributed by atoms with Crippen molar-refractivity contribution in [1.29, 1.82) is 0 Å². The minimum atomic E-state index is -3.24. The Hall–Kier alpha value is -0.170. The van der Waals surface area contributed by atoms with Crippen LogP contribution in [-0.2, 0) is 14.8 Å². The van der Waals surface area contributed by atoms with E-state index in [-0.39, 0.29) is 24.4 Å². The number of ether oxygens (including phenoxy) is 1. The molecule has 1 saturated carbocycles. The summed E-state index contributed by atoms with van der Waals surface area (Å²) in [6, 6.07) is -0.0778. The zero-order valence-corrected chi connectivity index (χ0v) is 11.6. The molecule has 1 fully saturated rings. The van der Waals surface area contributed by atoms with Gasteiger partial charge in [0.25, 0.3) is 0 Å². The minimum absolute atomic E-state index is 0.0318. The maximum absolute atomic E-state index is 12.0. The Labute approximate surface area is 104 Å². The molecule has 0 aromatic heterocycles. The largest absolute Gasteiger partial charge is 0.381 e. The van der Waals surface area contributed by atoms with Crippen molar-refractivity contribution in [2.24, 2.45) is 5.73 Å². The van der Waals surface area contributed by atoms with Gasteiger partial charge in [0.05, 0.1) is 12.4 Å². The van der Waals surface area contributed by atoms with Gasteiger partial charge < -0.3 is 10.5 Å². The van der Waals surface area contributed by atoms with E-state index in [4.69, 9.17) is 10.5 Å². The summed E-state index contributed by atoms with van der Waals surface area (Å²) in [5, 5.41) is 0. The number of likely N-dealkylation sites (N-methyl/N-ethyl adjacent to an activating group) is 1. The topological polar surface area (TPSA) is 72.6 Å². The third kappa shape index (κ3) is 4.21. The second-order valence-corrected chi connectivity index (χ2v) is 6.69. The SMILES string of the molecule is CCOCCS(=O)(=O)N(C)C1CCCCC1N. The van der Waals surface area contributed by atoms with Crippen LogP contribution in [0, 0.1) is 0 Å². The van der Waals surface area contributed by atoms with Gasteiger partial charge in [-0.1, -0.05) is 12.8 Å². The average Bonchev–Trinajstić information content (AvgIpc) is 2.29. The first kappa shape index (κ1) is 14.9. The van der Waals surface area contributed by atoms with E-state index < -0.39 is 10.0 Å². The van der Waals surface area contributed by atoms with E-state index in [0.717, 1.165) is 25.7 Å². The summed E-state index contributed by atoms with van der Waals surface area (Å²) in [4.78, 5) is 0. The first-order valence-corrected chi connectivity index (χ1v) is 7.89. The van der Waals surface area contributed by atoms with Crippen LogP contribution in [0.15, 0.2) is 0 Å². The normalized spacial score (nSPS) is 26.4. The monoisotopic (exact) mass is 264 g/mol. The Bertz CT molecular complexity index is 319. The van der Waals surface area contributed by atoms with Gasteiger partial charge in [-0.05, 0) is 19.8 Å². The number of nitrogens with two attached hydrogens (primary N) is 1. The second kappa shape index (κ2) is 6.68. The van der Waals surface area contributed by atoms with Crippen molar-refractivity contribution in [2.75, 3.05) is 26.0 Å². The van der Waals surface area contributed by atoms with Crippen LogP contribution < -0.4 is 5.73 Å². The molecule has 1 aliphatic carbocycles. The molecule has 17 heavy (non-hydrogen) atoms. The Morgan fingerprint density at radius 2 is 2.00 bits per heavy atom. The van der Waals surface area contributed by atoms with Crippen molar-refractivity contribution in [1.82, 2.24) is 4.31 Å². The van der Waals surface area contributed by atoms with E-state index in [1.807, 2.05) is 6.92 Å². The molecule has 2 atom stereocenters. The summed E-state index contributed by atoms with van der Waals surface area (Å²) >= 11 is 0. The Morgan fingerprint density at radius 3 is 2.59 bits per heavy atom. The molecule has 2 unspecified atom stereocenters. The van der Waals surface area contributed by atoms with Crippen molar-refractivity contribution in [3.63, 3.8) is 0 Å². The van der Waals surface area contributed by atoms with Gasteiger partial charge in [0.1, 0.15) is 0 Å². The Kier molecular flexibility index (Phi) is 5.85. The number of nitrogens with zero attached hydrogens (tertiary/aromatic N) is 1. The van der Waals surface area contributed by atoms with Crippen molar-refractivity contribution in [3.05, 3.63) is 0 Å². The number of hydrogen-bond donors (Lipinski definition) is 1. The molecular formula is C11H24N2O3S. The molecule has 0 heterocycles. The van der Waals surface area contributed by atoms with Gasteiger partial charge in [-0.15, -0.1) is 0 Å². The summed E-state index contributed by atoms with van der Waals surface area (Å²) in [5.41, 5.74) is 5.99. The van der Waals surface area contributed by atoms with Gasteiger partial charge in [0, 0.05) is 25.7 Å². The lowest BCUT2D eigenvalue weighted by Gasteiger charge is -2.35. The quantitative estimate of drug-likeness (QED) is 0.711. The van der Waals surface area contributed by atoms with Crippen molar-refractivity contribution >= 4 is 10.0 Å². The smallest absolute Gasteiger partial charge is 0.216 e. The molecule has 0 aromatic carbocycles. The molecular weight excluding hydrogens is 240 g/mol. The van der Waals surface area contributed by atoms with E-state index in [1.165, 1.54) is 4.31 Å². The van der Waals surface area contributed by atoms with Crippen molar-refractivity contribution in [2.45, 2.75) is 44.7 Å². The third-order valence-electron chi connectivity index (χ3n) is 3.38. The van der Waals surface area contributed by atoms with Gasteiger partial charge in [-0.2, -0.15) is 0 Å². The average molecular weight is 264 g/mol. The number of sulfonamides is 1. The maximum Gasteiger partial charge on any atom is 0.216 e. The van der Waals surface area contributed by atoms with E-state index in [9.17, 15) is 8.42 Å². The van der Waals surface area contributed by atoms with E-state index in [2.05, 4.69) is 0 Å². The van der Waals surface area contributed by atoms with E-state index in [0.29, 0.717) is 6.61 Å². The maximum atomic E-state index is 12.0. The van der Waals surface area contributed by atoms with Crippen LogP contribution in [-0.4, -0.2) is 50.8 Å². The lowest BCUT2D eigenvalue weighted by Crippen LogP contribution is -2.50. The number of hydrogen-bond acceptors (Lipinski definition) is 4. The summed E-state index contributed by atoms with van der Waals surface area (Å²) in [6.45, 7) is 2.65. The molecule has 1 aliphatic rings. The van der Waals surface area contributed by atoms with Crippen LogP contribution in [0.5, 0.6) is 0 Å². The number of rotatable bonds is 6. The highest BCUT2D eigenvalue weighted by Gasteiger charge is 2.31. The van der Waals surface area contributed by atoms with Gasteiger partial charge in [0.15, 0.2) is 0 Å². The molecule has 0 aromatic rings. The molecule has 1 rings (SSSR count). The molecule has 0 aliphatic heterocycles. The second-order valence-electron chi connectivity index (χ2n) is 4.54. The summed E-state index contributed by atoms with van der Waals surface area (Å²) in [5.74, 6) is 0.0422. The summed E-state index contributed by atoms with van der Waals surface area (Å²) in [7, 11) is -1.60. The highest BCUT2D eigenvalue weighted by Crippen LogP contribution is 2.22. The molecule has 0 bridgehead atoms. The van der Waals surface area contributed by atoms with Gasteiger partial charge in [-0.3, -0.25) is 0 Å². The summed E-state index contributed by atoms with van der Waals surface area (Å²) < 4.78 is 30.6. The van der Waals surface area contributed by atoms with E-state index >= 15 is 0 Å². The lowest BCUT2D eigenvalue weighted by molar-refractivity contribution is 0.161. The molecule has 5 nitrogen and oxygen atoms in total. The fraction of sp³-hybridized carbons (Fsp3) is 1.00. The zero-order chi connectivity index (χ0) is 12.9. The lowest BCUT2D eigenvalue weighted by atomic mass is 9.91. The zero-order valence-electron chi connectivity index (χ0n) is 10.8. The molecule has 102 valence electrons. The Morgan fingerprint density at radius 1 is 1.35 bits per heavy atom. The van der Waals surface area contributed by atoms with Gasteiger partial charge in [0.2, 0.25) is 10.0 Å². The molecule has 0 amide bonds. The predicted molar refractivity (Wildman–Crippen MR) is 68.3 cm³/mol. The van der Waals surface area contributed by atoms with Crippen LogP contribution in [0.4, 0.5) is 0 Å². The standard InChI is InChI=1S/C11H24N2O3S/c1-3-16-8-9-17(14,15)13(2)11-7-5-4-6-10(11)12/h10-11H,3-9,12H2,1-2H3. The van der Waals surface area contributed by atoms with Crippen LogP contribution >= 0.6 is 0 Å². The summed E-state index contributed by atoms with van der Waals surface area (Å²) in [6.07, 6.45) is 3.94. The molecule has 2 N–H and O–H groups in total. The molecule has 6 heteroatoms. The highest BCUT2D eigenvalue weighted by atomic mass is 32.2. The highest BCUT2D eigenvalue weighted by molar-refractivity contribution is 7.89. The first-order valence-electron chi connectivity index (χ1n) is 6.28. The van der Waals surface area contributed by atoms with Gasteiger partial charge >= 0.3 is 0 Å². The van der Waals surface area contributed by atoms with Crippen molar-refractivity contribution < 1.29 is 13.2 Å². The fourth-order valence-corrected chi connectivity index (χ4v) is 3.54. The van der Waals surface area contributed by atoms with Crippen molar-refractivity contribution in [3.8, 4) is 0 Å². The van der Waals surface area contributed by atoms with Crippen LogP contribution in [0.2, 0.25) is 0 Å². The molecule has 0 saturated heterocycles. The van der Waals surface area contributed by atoms with Crippen LogP contribution in [0.3, 0.4) is 0 Å². The minimum Gasteiger partial charge on any atom is -0.381 e. The van der Waals surface area contributed by atoms with E-state index in [1.54, 1.807) is 7.05 Å². The van der Waals surface area contributed by atoms with Crippen LogP contribution in [0.1, 0.15) is 32.6 Å². The predicted octanol–water partition coefficient (Wildman–Crippen LogP) is 0.554. The third-order valence-corrected chi connectivity index (χ3v) is 5.21. The first-order chi connectivity index (χ1) is 7.99.